The number of nitrogens with zero attached hydrogens (tertiary/aromatic N) is 4. The molecule has 3 aromatic carbocycles. The molecule has 0 bridgehead atoms. The number of oxime groups is 1. The lowest BCUT2D eigenvalue weighted by Crippen LogP contribution is -2.31. The highest BCUT2D eigenvalue weighted by Crippen LogP contribution is 2.31. The first-order valence-electron chi connectivity index (χ1n) is 11.7. The first-order valence-corrected chi connectivity index (χ1v) is 11.7. The number of imidazole rings is 1. The van der Waals surface area contributed by atoms with Crippen LogP contribution in [0.25, 0.3) is 11.0 Å². The van der Waals surface area contributed by atoms with Gasteiger partial charge in [-0.15, -0.1) is 0 Å². The molecule has 1 aliphatic heterocycles. The van der Waals surface area contributed by atoms with Gasteiger partial charge < -0.3 is 9.40 Å². The van der Waals surface area contributed by atoms with Crippen molar-refractivity contribution in [3.05, 3.63) is 95.8 Å². The third-order valence-corrected chi connectivity index (χ3v) is 6.09. The maximum Gasteiger partial charge on any atom is 0.281 e. The summed E-state index contributed by atoms with van der Waals surface area (Å²) in [5.74, 6) is 1.27. The number of rotatable bonds is 8. The molecule has 5 rings (SSSR count). The van der Waals surface area contributed by atoms with E-state index in [1.165, 1.54) is 0 Å². The molecule has 1 aromatic heterocycles. The minimum Gasteiger partial charge on any atom is -0.390 e. The van der Waals surface area contributed by atoms with Crippen LogP contribution in [0, 0.1) is 5.92 Å². The van der Waals surface area contributed by atoms with Gasteiger partial charge in [0.1, 0.15) is 12.4 Å². The predicted octanol–water partition coefficient (Wildman–Crippen LogP) is 5.55. The van der Waals surface area contributed by atoms with Crippen LogP contribution in [-0.2, 0) is 29.3 Å². The van der Waals surface area contributed by atoms with Crippen LogP contribution in [0.1, 0.15) is 37.2 Å². The summed E-state index contributed by atoms with van der Waals surface area (Å²) in [4.78, 5) is 25.7. The SMILES string of the molecule is CC(C)CCn1c(CN2C(=O)/C(=N\OCc3ccccc3)c3ccccc32)nc2ccccc21. The minimum atomic E-state index is -0.170. The molecule has 0 atom stereocenters. The van der Waals surface area contributed by atoms with E-state index in [0.29, 0.717) is 24.8 Å². The highest BCUT2D eigenvalue weighted by molar-refractivity contribution is 6.54. The number of carbonyl (C=O) groups excluding carboxylic acids is 1. The van der Waals surface area contributed by atoms with Gasteiger partial charge in [0, 0.05) is 12.1 Å². The third kappa shape index (κ3) is 4.31. The summed E-state index contributed by atoms with van der Waals surface area (Å²) in [5, 5.41) is 4.26. The molecular formula is C28H28N4O2. The van der Waals surface area contributed by atoms with Crippen molar-refractivity contribution < 1.29 is 9.63 Å². The van der Waals surface area contributed by atoms with Gasteiger partial charge in [-0.3, -0.25) is 9.69 Å². The lowest BCUT2D eigenvalue weighted by molar-refractivity contribution is -0.112. The lowest BCUT2D eigenvalue weighted by Gasteiger charge is -2.18. The highest BCUT2D eigenvalue weighted by atomic mass is 16.6. The smallest absolute Gasteiger partial charge is 0.281 e. The van der Waals surface area contributed by atoms with Crippen molar-refractivity contribution in [2.24, 2.45) is 11.1 Å². The molecule has 0 saturated heterocycles. The summed E-state index contributed by atoms with van der Waals surface area (Å²) < 4.78 is 2.24. The zero-order valence-corrected chi connectivity index (χ0v) is 19.5. The van der Waals surface area contributed by atoms with Gasteiger partial charge in [-0.2, -0.15) is 0 Å². The number of hydrogen-bond donors (Lipinski definition) is 0. The van der Waals surface area contributed by atoms with Crippen molar-refractivity contribution in [1.29, 1.82) is 0 Å². The molecule has 2 heterocycles. The highest BCUT2D eigenvalue weighted by Gasteiger charge is 2.35. The standard InChI is InChI=1S/C28H28N4O2/c1-20(2)16-17-31-25-15-9-7-13-23(25)29-26(31)18-32-24-14-8-6-12-22(24)27(28(32)33)30-34-19-21-10-4-3-5-11-21/h3-15,20H,16-19H2,1-2H3/b30-27-. The maximum atomic E-state index is 13.5. The molecule has 6 nitrogen and oxygen atoms in total. The second kappa shape index (κ2) is 9.51. The number of aryl methyl sites for hydroxylation is 1. The summed E-state index contributed by atoms with van der Waals surface area (Å²) in [5.41, 5.74) is 4.99. The fourth-order valence-electron chi connectivity index (χ4n) is 4.28. The molecule has 0 saturated carbocycles. The molecule has 0 unspecified atom stereocenters. The van der Waals surface area contributed by atoms with Crippen molar-refractivity contribution in [2.75, 3.05) is 4.90 Å². The van der Waals surface area contributed by atoms with E-state index in [-0.39, 0.29) is 5.91 Å². The molecule has 172 valence electrons. The summed E-state index contributed by atoms with van der Waals surface area (Å²) in [7, 11) is 0. The third-order valence-electron chi connectivity index (χ3n) is 6.09. The summed E-state index contributed by atoms with van der Waals surface area (Å²) in [6.45, 7) is 5.98. The Kier molecular flexibility index (Phi) is 6.12. The molecule has 0 N–H and O–H groups in total. The Hall–Kier alpha value is -3.93. The van der Waals surface area contributed by atoms with Gasteiger partial charge in [0.2, 0.25) is 0 Å². The first-order chi connectivity index (χ1) is 16.6. The average molecular weight is 453 g/mol. The molecule has 0 radical (unpaired) electrons. The van der Waals surface area contributed by atoms with E-state index in [2.05, 4.69) is 29.6 Å². The second-order valence-electron chi connectivity index (χ2n) is 8.96. The molecule has 0 spiro atoms. The Morgan fingerprint density at radius 3 is 2.50 bits per heavy atom. The lowest BCUT2D eigenvalue weighted by atomic mass is 10.1. The number of hydrogen-bond acceptors (Lipinski definition) is 4. The molecule has 4 aromatic rings. The Balaban J connectivity index is 1.44. The van der Waals surface area contributed by atoms with Gasteiger partial charge in [0.15, 0.2) is 5.71 Å². The zero-order valence-electron chi connectivity index (χ0n) is 19.5. The van der Waals surface area contributed by atoms with Crippen LogP contribution in [0.5, 0.6) is 0 Å². The topological polar surface area (TPSA) is 59.7 Å². The second-order valence-corrected chi connectivity index (χ2v) is 8.96. The van der Waals surface area contributed by atoms with E-state index in [9.17, 15) is 4.79 Å². The molecule has 6 heteroatoms. The Labute approximate surface area is 199 Å². The minimum absolute atomic E-state index is 0.170. The van der Waals surface area contributed by atoms with Crippen LogP contribution >= 0.6 is 0 Å². The molecule has 0 fully saturated rings. The van der Waals surface area contributed by atoms with Gasteiger partial charge in [-0.25, -0.2) is 4.98 Å². The van der Waals surface area contributed by atoms with E-state index in [4.69, 9.17) is 9.82 Å². The van der Waals surface area contributed by atoms with Crippen molar-refractivity contribution in [3.63, 3.8) is 0 Å². The van der Waals surface area contributed by atoms with Crippen molar-refractivity contribution in [3.8, 4) is 0 Å². The van der Waals surface area contributed by atoms with Crippen LogP contribution in [0.3, 0.4) is 0 Å². The predicted molar refractivity (Wildman–Crippen MR) is 135 cm³/mol. The summed E-state index contributed by atoms with van der Waals surface area (Å²) in [6.07, 6.45) is 1.04. The Bertz CT molecular complexity index is 1340. The fraction of sp³-hybridized carbons (Fsp3) is 0.250. The number of para-hydroxylation sites is 3. The summed E-state index contributed by atoms with van der Waals surface area (Å²) >= 11 is 0. The van der Waals surface area contributed by atoms with E-state index < -0.39 is 0 Å². The zero-order chi connectivity index (χ0) is 23.5. The van der Waals surface area contributed by atoms with Crippen LogP contribution in [0.2, 0.25) is 0 Å². The molecule has 1 aliphatic rings. The van der Waals surface area contributed by atoms with Crippen LogP contribution in [0.4, 0.5) is 5.69 Å². The Morgan fingerprint density at radius 1 is 0.941 bits per heavy atom. The molecule has 34 heavy (non-hydrogen) atoms. The summed E-state index contributed by atoms with van der Waals surface area (Å²) in [6, 6.07) is 25.7. The quantitative estimate of drug-likeness (QED) is 0.329. The number of anilines is 1. The van der Waals surface area contributed by atoms with E-state index in [1.807, 2.05) is 72.8 Å². The van der Waals surface area contributed by atoms with E-state index in [1.54, 1.807) is 4.90 Å². The molecular weight excluding hydrogens is 424 g/mol. The largest absolute Gasteiger partial charge is 0.390 e. The average Bonchev–Trinajstić information content (AvgIpc) is 3.33. The van der Waals surface area contributed by atoms with Gasteiger partial charge in [0.25, 0.3) is 5.91 Å². The Morgan fingerprint density at radius 2 is 1.68 bits per heavy atom. The van der Waals surface area contributed by atoms with E-state index >= 15 is 0 Å². The number of carbonyl (C=O) groups is 1. The van der Waals surface area contributed by atoms with Gasteiger partial charge in [-0.05, 0) is 36.1 Å². The van der Waals surface area contributed by atoms with Crippen LogP contribution in [-0.4, -0.2) is 21.2 Å². The normalized spacial score (nSPS) is 14.4. The van der Waals surface area contributed by atoms with Crippen molar-refractivity contribution in [2.45, 2.75) is 40.0 Å². The number of aromatic nitrogens is 2. The number of benzene rings is 3. The van der Waals surface area contributed by atoms with Crippen LogP contribution in [0.15, 0.2) is 84.0 Å². The number of amides is 1. The maximum absolute atomic E-state index is 13.5. The van der Waals surface area contributed by atoms with Gasteiger partial charge >= 0.3 is 0 Å². The number of fused-ring (bicyclic) bond motifs is 2. The van der Waals surface area contributed by atoms with E-state index in [0.717, 1.165) is 46.6 Å². The first kappa shape index (κ1) is 21.9. The monoisotopic (exact) mass is 452 g/mol. The van der Waals surface area contributed by atoms with Crippen molar-refractivity contribution >= 4 is 28.3 Å². The molecule has 0 aliphatic carbocycles. The van der Waals surface area contributed by atoms with Gasteiger partial charge in [-0.1, -0.05) is 79.7 Å². The van der Waals surface area contributed by atoms with Crippen LogP contribution < -0.4 is 4.90 Å². The van der Waals surface area contributed by atoms with Crippen molar-refractivity contribution in [1.82, 2.24) is 9.55 Å². The van der Waals surface area contributed by atoms with Gasteiger partial charge in [0.05, 0.1) is 23.3 Å². The molecule has 1 amide bonds. The fourth-order valence-corrected chi connectivity index (χ4v) is 4.28.